The smallest absolute Gasteiger partial charge is 0.184 e. The van der Waals surface area contributed by atoms with Crippen LogP contribution in [-0.2, 0) is 22.8 Å². The SMILES string of the molecule is CCNCc1cncc(-c2cnc3n[nH]c(-c4nc5c(-c6cc(F)cc(CCS(C)(=O)=O)c6)nccc5[nH]4)c3c2F)c1. The Morgan fingerprint density at radius 3 is 2.64 bits per heavy atom. The quantitative estimate of drug-likeness (QED) is 0.223. The minimum Gasteiger partial charge on any atom is -0.337 e. The number of sulfone groups is 1. The molecule has 0 radical (unpaired) electrons. The molecule has 0 atom stereocenters. The third-order valence-electron chi connectivity index (χ3n) is 6.83. The van der Waals surface area contributed by atoms with Crippen molar-refractivity contribution < 1.29 is 17.2 Å². The van der Waals surface area contributed by atoms with Crippen molar-refractivity contribution in [3.05, 3.63) is 77.9 Å². The molecule has 0 amide bonds. The summed E-state index contributed by atoms with van der Waals surface area (Å²) in [5, 5.41) is 10.4. The maximum absolute atomic E-state index is 16.1. The molecule has 10 nitrogen and oxygen atoms in total. The molecule has 42 heavy (non-hydrogen) atoms. The van der Waals surface area contributed by atoms with Gasteiger partial charge in [0.15, 0.2) is 11.5 Å². The minimum atomic E-state index is -3.22. The maximum Gasteiger partial charge on any atom is 0.184 e. The fourth-order valence-corrected chi connectivity index (χ4v) is 5.43. The summed E-state index contributed by atoms with van der Waals surface area (Å²) in [6.45, 7) is 3.40. The predicted octanol–water partition coefficient (Wildman–Crippen LogP) is 4.60. The first-order chi connectivity index (χ1) is 20.2. The zero-order valence-electron chi connectivity index (χ0n) is 22.7. The second-order valence-electron chi connectivity index (χ2n) is 10.0. The standard InChI is InChI=1S/C29H26F2N8O2S/c1-3-32-12-17-9-19(14-33-13-17)21-15-35-28-23(24(21)31)27(38-39-28)29-36-22-4-6-34-25(26(22)37-29)18-8-16(10-20(30)11-18)5-7-42(2,40)41/h4,6,8-11,13-15,32H,3,5,7,12H2,1-2H3,(H,36,37)(H,35,38,39). The van der Waals surface area contributed by atoms with E-state index in [1.54, 1.807) is 30.7 Å². The van der Waals surface area contributed by atoms with Crippen LogP contribution in [0.4, 0.5) is 8.78 Å². The van der Waals surface area contributed by atoms with Crippen molar-refractivity contribution in [2.45, 2.75) is 19.9 Å². The number of aryl methyl sites for hydroxylation is 1. The number of pyridine rings is 3. The number of rotatable bonds is 9. The van der Waals surface area contributed by atoms with Crippen LogP contribution in [0.5, 0.6) is 0 Å². The highest BCUT2D eigenvalue weighted by molar-refractivity contribution is 7.90. The molecule has 0 saturated carbocycles. The lowest BCUT2D eigenvalue weighted by Crippen LogP contribution is -2.11. The van der Waals surface area contributed by atoms with E-state index in [1.807, 2.05) is 13.0 Å². The molecule has 0 saturated heterocycles. The fourth-order valence-electron chi connectivity index (χ4n) is 4.82. The molecule has 5 aromatic heterocycles. The van der Waals surface area contributed by atoms with Crippen molar-refractivity contribution in [2.24, 2.45) is 0 Å². The number of H-pyrrole nitrogens is 2. The second-order valence-corrected chi connectivity index (χ2v) is 12.3. The fraction of sp³-hybridized carbons (Fsp3) is 0.207. The van der Waals surface area contributed by atoms with Gasteiger partial charge in [0, 0.05) is 54.3 Å². The van der Waals surface area contributed by atoms with Gasteiger partial charge in [-0.3, -0.25) is 15.1 Å². The predicted molar refractivity (Wildman–Crippen MR) is 156 cm³/mol. The number of aromatic nitrogens is 7. The zero-order chi connectivity index (χ0) is 29.4. The number of hydrogen-bond donors (Lipinski definition) is 3. The first-order valence-electron chi connectivity index (χ1n) is 13.2. The third-order valence-corrected chi connectivity index (χ3v) is 7.78. The number of benzene rings is 1. The molecule has 13 heteroatoms. The molecule has 6 aromatic rings. The Morgan fingerprint density at radius 2 is 1.83 bits per heavy atom. The van der Waals surface area contributed by atoms with Crippen LogP contribution in [0.25, 0.3) is 56.0 Å². The average molecular weight is 589 g/mol. The van der Waals surface area contributed by atoms with Crippen molar-refractivity contribution in [1.82, 2.24) is 40.4 Å². The molecule has 0 spiro atoms. The molecule has 0 bridgehead atoms. The van der Waals surface area contributed by atoms with E-state index < -0.39 is 21.5 Å². The zero-order valence-corrected chi connectivity index (χ0v) is 23.6. The van der Waals surface area contributed by atoms with Crippen molar-refractivity contribution in [3.8, 4) is 33.9 Å². The summed E-state index contributed by atoms with van der Waals surface area (Å²) in [7, 11) is -3.22. The Hall–Kier alpha value is -4.62. The second kappa shape index (κ2) is 11.0. The van der Waals surface area contributed by atoms with E-state index in [4.69, 9.17) is 4.98 Å². The number of imidazole rings is 1. The molecule has 3 N–H and O–H groups in total. The lowest BCUT2D eigenvalue weighted by Gasteiger charge is -2.07. The van der Waals surface area contributed by atoms with Crippen LogP contribution in [0.3, 0.4) is 0 Å². The Labute approximate surface area is 239 Å². The van der Waals surface area contributed by atoms with Gasteiger partial charge in [0.05, 0.1) is 22.3 Å². The van der Waals surface area contributed by atoms with Gasteiger partial charge >= 0.3 is 0 Å². The van der Waals surface area contributed by atoms with Crippen molar-refractivity contribution >= 4 is 31.9 Å². The van der Waals surface area contributed by atoms with Crippen molar-refractivity contribution in [2.75, 3.05) is 18.6 Å². The Morgan fingerprint density at radius 1 is 1.00 bits per heavy atom. The van der Waals surface area contributed by atoms with E-state index in [0.717, 1.165) is 18.4 Å². The van der Waals surface area contributed by atoms with Gasteiger partial charge in [0.2, 0.25) is 0 Å². The third kappa shape index (κ3) is 5.48. The molecule has 5 heterocycles. The summed E-state index contributed by atoms with van der Waals surface area (Å²) < 4.78 is 53.9. The summed E-state index contributed by atoms with van der Waals surface area (Å²) >= 11 is 0. The summed E-state index contributed by atoms with van der Waals surface area (Å²) in [4.78, 5) is 20.9. The van der Waals surface area contributed by atoms with Crippen LogP contribution >= 0.6 is 0 Å². The highest BCUT2D eigenvalue weighted by Crippen LogP contribution is 2.34. The van der Waals surface area contributed by atoms with Crippen LogP contribution < -0.4 is 5.32 Å². The highest BCUT2D eigenvalue weighted by atomic mass is 32.2. The van der Waals surface area contributed by atoms with Crippen molar-refractivity contribution in [1.29, 1.82) is 0 Å². The van der Waals surface area contributed by atoms with Gasteiger partial charge in [-0.25, -0.2) is 27.2 Å². The Balaban J connectivity index is 1.42. The molecule has 214 valence electrons. The molecule has 0 aliphatic rings. The molecular formula is C29H26F2N8O2S. The minimum absolute atomic E-state index is 0.107. The van der Waals surface area contributed by atoms with Crippen molar-refractivity contribution in [3.63, 3.8) is 0 Å². The van der Waals surface area contributed by atoms with E-state index in [-0.39, 0.29) is 28.8 Å². The number of fused-ring (bicyclic) bond motifs is 2. The average Bonchev–Trinajstić information content (AvgIpc) is 3.59. The number of hydrogen-bond acceptors (Lipinski definition) is 8. The van der Waals surface area contributed by atoms with E-state index >= 15 is 4.39 Å². The van der Waals surface area contributed by atoms with Gasteiger partial charge in [-0.05, 0) is 54.4 Å². The molecular weight excluding hydrogens is 562 g/mol. The Bertz CT molecular complexity index is 2060. The first kappa shape index (κ1) is 27.5. The number of aromatic amines is 2. The first-order valence-corrected chi connectivity index (χ1v) is 15.3. The lowest BCUT2D eigenvalue weighted by atomic mass is 10.0. The molecule has 0 aliphatic carbocycles. The van der Waals surface area contributed by atoms with E-state index in [2.05, 4.69) is 35.5 Å². The van der Waals surface area contributed by atoms with Gasteiger partial charge in [-0.2, -0.15) is 5.10 Å². The van der Waals surface area contributed by atoms with Gasteiger partial charge in [-0.15, -0.1) is 0 Å². The van der Waals surface area contributed by atoms with E-state index in [9.17, 15) is 12.8 Å². The van der Waals surface area contributed by atoms with Crippen LogP contribution in [0, 0.1) is 11.6 Å². The van der Waals surface area contributed by atoms with Gasteiger partial charge in [0.1, 0.15) is 32.7 Å². The number of nitrogens with one attached hydrogen (secondary N) is 3. The van der Waals surface area contributed by atoms with Crippen LogP contribution in [-0.4, -0.2) is 62.1 Å². The normalized spacial score (nSPS) is 12.0. The van der Waals surface area contributed by atoms with Crippen LogP contribution in [0.2, 0.25) is 0 Å². The number of nitrogens with zero attached hydrogens (tertiary/aromatic N) is 5. The van der Waals surface area contributed by atoms with Crippen LogP contribution in [0.15, 0.2) is 55.1 Å². The van der Waals surface area contributed by atoms with E-state index in [1.165, 1.54) is 18.3 Å². The van der Waals surface area contributed by atoms with Crippen LogP contribution in [0.1, 0.15) is 18.1 Å². The molecule has 6 rings (SSSR count). The summed E-state index contributed by atoms with van der Waals surface area (Å²) in [6.07, 6.45) is 7.60. The molecule has 0 aliphatic heterocycles. The monoisotopic (exact) mass is 588 g/mol. The van der Waals surface area contributed by atoms with E-state index in [0.29, 0.717) is 51.5 Å². The summed E-state index contributed by atoms with van der Waals surface area (Å²) in [5.74, 6) is -0.849. The lowest BCUT2D eigenvalue weighted by molar-refractivity contribution is 0.600. The number of halogens is 2. The topological polar surface area (TPSA) is 142 Å². The largest absolute Gasteiger partial charge is 0.337 e. The summed E-state index contributed by atoms with van der Waals surface area (Å²) in [6, 6.07) is 7.90. The van der Waals surface area contributed by atoms with Gasteiger partial charge < -0.3 is 10.3 Å². The molecule has 1 aromatic carbocycles. The Kier molecular flexibility index (Phi) is 7.21. The maximum atomic E-state index is 16.1. The van der Waals surface area contributed by atoms with Gasteiger partial charge in [-0.1, -0.05) is 6.92 Å². The summed E-state index contributed by atoms with van der Waals surface area (Å²) in [5.41, 5.74) is 4.62. The molecule has 0 unspecified atom stereocenters. The molecule has 0 fully saturated rings. The van der Waals surface area contributed by atoms with Gasteiger partial charge in [0.25, 0.3) is 0 Å². The highest BCUT2D eigenvalue weighted by Gasteiger charge is 2.21.